The minimum Gasteiger partial charge on any atom is -0.489 e. The molecule has 2 aromatic carbocycles. The molecule has 0 unspecified atom stereocenters. The zero-order valence-electron chi connectivity index (χ0n) is 16.9. The molecule has 6 heteroatoms. The molecule has 4 rings (SSSR count). The fourth-order valence-electron chi connectivity index (χ4n) is 3.68. The summed E-state index contributed by atoms with van der Waals surface area (Å²) in [5.74, 6) is 0.620. The van der Waals surface area contributed by atoms with E-state index >= 15 is 0 Å². The van der Waals surface area contributed by atoms with Crippen LogP contribution in [0.4, 0.5) is 0 Å². The zero-order valence-corrected chi connectivity index (χ0v) is 17.7. The van der Waals surface area contributed by atoms with E-state index in [-0.39, 0.29) is 11.9 Å². The topological polar surface area (TPSA) is 52.0 Å². The molecule has 0 aliphatic carbocycles. The van der Waals surface area contributed by atoms with Crippen molar-refractivity contribution in [3.8, 4) is 5.75 Å². The molecule has 0 saturated carbocycles. The Bertz CT molecular complexity index is 925. The molecular formula is C24H27N2O3S+. The van der Waals surface area contributed by atoms with Crippen molar-refractivity contribution in [2.24, 2.45) is 0 Å². The SMILES string of the molecule is O=C(NC[C@@H](c1cccs1)[NH+]1CCOCC1)c1cccc(OCc2ccccc2)c1. The summed E-state index contributed by atoms with van der Waals surface area (Å²) >= 11 is 1.75. The Labute approximate surface area is 181 Å². The van der Waals surface area contributed by atoms with Gasteiger partial charge in [0.2, 0.25) is 0 Å². The second kappa shape index (κ2) is 10.4. The van der Waals surface area contributed by atoms with Gasteiger partial charge >= 0.3 is 0 Å². The van der Waals surface area contributed by atoms with Crippen molar-refractivity contribution < 1.29 is 19.2 Å². The van der Waals surface area contributed by atoms with Crippen molar-refractivity contribution in [3.05, 3.63) is 88.1 Å². The Morgan fingerprint density at radius 3 is 2.67 bits per heavy atom. The van der Waals surface area contributed by atoms with Gasteiger partial charge in [0.25, 0.3) is 5.91 Å². The van der Waals surface area contributed by atoms with E-state index in [1.54, 1.807) is 17.4 Å². The van der Waals surface area contributed by atoms with Crippen LogP contribution in [-0.4, -0.2) is 38.8 Å². The number of rotatable bonds is 8. The Morgan fingerprint density at radius 1 is 1.07 bits per heavy atom. The van der Waals surface area contributed by atoms with Crippen LogP contribution in [0.1, 0.15) is 26.8 Å². The molecule has 3 aromatic rings. The summed E-state index contributed by atoms with van der Waals surface area (Å²) in [5, 5.41) is 5.23. The van der Waals surface area contributed by atoms with Crippen molar-refractivity contribution >= 4 is 17.2 Å². The third-order valence-corrected chi connectivity index (χ3v) is 6.31. The van der Waals surface area contributed by atoms with Crippen LogP contribution in [0.2, 0.25) is 0 Å². The maximum Gasteiger partial charge on any atom is 0.251 e. The standard InChI is InChI=1S/C24H26N2O3S/c27-24(20-8-4-9-21(16-20)29-18-19-6-2-1-3-7-19)25-17-22(23-10-5-15-30-23)26-11-13-28-14-12-26/h1-10,15-16,22H,11-14,17-18H2,(H,25,27)/p+1/t22-/m0/s1. The molecular weight excluding hydrogens is 396 g/mol. The normalized spacial score (nSPS) is 15.5. The molecule has 0 radical (unpaired) electrons. The molecule has 1 aromatic heterocycles. The summed E-state index contributed by atoms with van der Waals surface area (Å²) in [4.78, 5) is 15.6. The van der Waals surface area contributed by atoms with Crippen molar-refractivity contribution in [1.29, 1.82) is 0 Å². The first-order valence-corrected chi connectivity index (χ1v) is 11.2. The first-order valence-electron chi connectivity index (χ1n) is 10.3. The third kappa shape index (κ3) is 5.48. The number of carbonyl (C=O) groups is 1. The van der Waals surface area contributed by atoms with Gasteiger partial charge in [-0.05, 0) is 35.2 Å². The van der Waals surface area contributed by atoms with Gasteiger partial charge in [-0.25, -0.2) is 0 Å². The van der Waals surface area contributed by atoms with Crippen LogP contribution >= 0.6 is 11.3 Å². The van der Waals surface area contributed by atoms with Crippen molar-refractivity contribution in [2.75, 3.05) is 32.8 Å². The highest BCUT2D eigenvalue weighted by Crippen LogP contribution is 2.18. The van der Waals surface area contributed by atoms with Gasteiger partial charge in [0.15, 0.2) is 0 Å². The van der Waals surface area contributed by atoms with Crippen LogP contribution < -0.4 is 15.0 Å². The maximum atomic E-state index is 12.8. The van der Waals surface area contributed by atoms with Crippen LogP contribution in [0.3, 0.4) is 0 Å². The van der Waals surface area contributed by atoms with Crippen LogP contribution in [0.25, 0.3) is 0 Å². The molecule has 30 heavy (non-hydrogen) atoms. The quantitative estimate of drug-likeness (QED) is 0.586. The Balaban J connectivity index is 1.37. The number of morpholine rings is 1. The van der Waals surface area contributed by atoms with Gasteiger partial charge in [0.1, 0.15) is 31.5 Å². The smallest absolute Gasteiger partial charge is 0.251 e. The summed E-state index contributed by atoms with van der Waals surface area (Å²) in [6.45, 7) is 4.54. The van der Waals surface area contributed by atoms with E-state index in [1.165, 1.54) is 9.78 Å². The van der Waals surface area contributed by atoms with Gasteiger partial charge in [-0.2, -0.15) is 0 Å². The predicted molar refractivity (Wildman–Crippen MR) is 118 cm³/mol. The van der Waals surface area contributed by atoms with Gasteiger partial charge in [-0.1, -0.05) is 42.5 Å². The lowest BCUT2D eigenvalue weighted by Crippen LogP contribution is -3.15. The van der Waals surface area contributed by atoms with E-state index in [0.29, 0.717) is 24.5 Å². The zero-order chi connectivity index (χ0) is 20.6. The lowest BCUT2D eigenvalue weighted by atomic mass is 10.1. The van der Waals surface area contributed by atoms with E-state index < -0.39 is 0 Å². The number of ether oxygens (including phenoxy) is 2. The molecule has 1 aliphatic rings. The van der Waals surface area contributed by atoms with Gasteiger partial charge in [-0.3, -0.25) is 4.79 Å². The number of quaternary nitrogens is 1. The van der Waals surface area contributed by atoms with Gasteiger partial charge in [0, 0.05) is 5.56 Å². The van der Waals surface area contributed by atoms with Crippen molar-refractivity contribution in [1.82, 2.24) is 5.32 Å². The maximum absolute atomic E-state index is 12.8. The van der Waals surface area contributed by atoms with E-state index in [1.807, 2.05) is 48.5 Å². The Kier molecular flexibility index (Phi) is 7.13. The van der Waals surface area contributed by atoms with Gasteiger partial charge in [-0.15, -0.1) is 11.3 Å². The molecule has 156 valence electrons. The van der Waals surface area contributed by atoms with Crippen LogP contribution in [0.5, 0.6) is 5.75 Å². The largest absolute Gasteiger partial charge is 0.489 e. The second-order valence-corrected chi connectivity index (χ2v) is 8.33. The predicted octanol–water partition coefficient (Wildman–Crippen LogP) is 2.71. The lowest BCUT2D eigenvalue weighted by Gasteiger charge is -2.31. The number of benzene rings is 2. The fourth-order valence-corrected chi connectivity index (χ4v) is 4.57. The highest BCUT2D eigenvalue weighted by atomic mass is 32.1. The monoisotopic (exact) mass is 423 g/mol. The first-order chi connectivity index (χ1) is 14.8. The lowest BCUT2D eigenvalue weighted by molar-refractivity contribution is -0.937. The first kappa shape index (κ1) is 20.6. The summed E-state index contributed by atoms with van der Waals surface area (Å²) in [6.07, 6.45) is 0. The van der Waals surface area contributed by atoms with Crippen LogP contribution in [0, 0.1) is 0 Å². The van der Waals surface area contributed by atoms with Crippen LogP contribution in [-0.2, 0) is 11.3 Å². The summed E-state index contributed by atoms with van der Waals surface area (Å²) < 4.78 is 11.4. The summed E-state index contributed by atoms with van der Waals surface area (Å²) in [5.41, 5.74) is 1.71. The molecule has 1 saturated heterocycles. The molecule has 2 heterocycles. The minimum absolute atomic E-state index is 0.0747. The van der Waals surface area contributed by atoms with Crippen molar-refractivity contribution in [3.63, 3.8) is 0 Å². The minimum atomic E-state index is -0.0747. The van der Waals surface area contributed by atoms with E-state index in [4.69, 9.17) is 9.47 Å². The third-order valence-electron chi connectivity index (χ3n) is 5.33. The van der Waals surface area contributed by atoms with Gasteiger partial charge < -0.3 is 19.7 Å². The molecule has 1 fully saturated rings. The highest BCUT2D eigenvalue weighted by Gasteiger charge is 2.27. The molecule has 0 bridgehead atoms. The second-order valence-electron chi connectivity index (χ2n) is 7.35. The molecule has 5 nitrogen and oxygen atoms in total. The van der Waals surface area contributed by atoms with E-state index in [2.05, 4.69) is 22.8 Å². The molecule has 1 aliphatic heterocycles. The molecule has 0 spiro atoms. The number of carbonyl (C=O) groups excluding carboxylic acids is 1. The Hall–Kier alpha value is -2.67. The molecule has 2 N–H and O–H groups in total. The summed E-state index contributed by atoms with van der Waals surface area (Å²) in [7, 11) is 0. The fraction of sp³-hybridized carbons (Fsp3) is 0.292. The van der Waals surface area contributed by atoms with E-state index in [0.717, 1.165) is 31.9 Å². The molecule has 1 atom stereocenters. The number of hydrogen-bond acceptors (Lipinski definition) is 4. The average molecular weight is 424 g/mol. The average Bonchev–Trinajstić information content (AvgIpc) is 3.34. The Morgan fingerprint density at radius 2 is 1.90 bits per heavy atom. The number of amides is 1. The number of nitrogens with one attached hydrogen (secondary N) is 2. The van der Waals surface area contributed by atoms with Gasteiger partial charge in [0.05, 0.1) is 24.6 Å². The summed E-state index contributed by atoms with van der Waals surface area (Å²) in [6, 6.07) is 21.9. The van der Waals surface area contributed by atoms with Crippen molar-refractivity contribution in [2.45, 2.75) is 12.6 Å². The number of thiophene rings is 1. The molecule has 1 amide bonds. The van der Waals surface area contributed by atoms with Crippen LogP contribution in [0.15, 0.2) is 72.1 Å². The van der Waals surface area contributed by atoms with E-state index in [9.17, 15) is 4.79 Å². The highest BCUT2D eigenvalue weighted by molar-refractivity contribution is 7.10. The number of hydrogen-bond donors (Lipinski definition) is 2.